The van der Waals surface area contributed by atoms with Crippen molar-refractivity contribution in [3.05, 3.63) is 54.1 Å². The lowest BCUT2D eigenvalue weighted by atomic mass is 10.1. The average Bonchev–Trinajstić information content (AvgIpc) is 3.11. The number of benzene rings is 2. The summed E-state index contributed by atoms with van der Waals surface area (Å²) in [5, 5.41) is 7.26. The highest BCUT2D eigenvalue weighted by Crippen LogP contribution is 2.25. The van der Waals surface area contributed by atoms with E-state index in [2.05, 4.69) is 15.2 Å². The maximum atomic E-state index is 11.1. The smallest absolute Gasteiger partial charge is 0.302 e. The maximum Gasteiger partial charge on any atom is 0.302 e. The second-order valence-electron chi connectivity index (χ2n) is 5.41. The third kappa shape index (κ3) is 4.03. The van der Waals surface area contributed by atoms with Gasteiger partial charge in [-0.25, -0.2) is 4.98 Å². The lowest BCUT2D eigenvalue weighted by Gasteiger charge is -2.06. The first-order chi connectivity index (χ1) is 12.2. The molecule has 2 aromatic carbocycles. The van der Waals surface area contributed by atoms with E-state index >= 15 is 0 Å². The van der Waals surface area contributed by atoms with Crippen molar-refractivity contribution in [2.45, 2.75) is 20.5 Å². The number of aromatic nitrogens is 3. The highest BCUT2D eigenvalue weighted by molar-refractivity contribution is 5.67. The van der Waals surface area contributed by atoms with Gasteiger partial charge in [0.2, 0.25) is 0 Å². The normalized spacial score (nSPS) is 10.5. The highest BCUT2D eigenvalue weighted by atomic mass is 16.5. The number of ether oxygens (including phenoxy) is 2. The standard InChI is InChI=1S/C19H19N3O3/c1-3-24-16-9-6-8-14(11-16)18-20-19(22-21-18)17-10-5-4-7-15(17)12-25-13(2)23/h4-11H,3,12H2,1-2H3,(H,20,21,22). The van der Waals surface area contributed by atoms with Crippen LogP contribution in [-0.4, -0.2) is 27.8 Å². The summed E-state index contributed by atoms with van der Waals surface area (Å²) in [6, 6.07) is 15.3. The van der Waals surface area contributed by atoms with E-state index in [0.29, 0.717) is 18.3 Å². The largest absolute Gasteiger partial charge is 0.494 e. The number of esters is 1. The zero-order valence-electron chi connectivity index (χ0n) is 14.2. The van der Waals surface area contributed by atoms with Crippen molar-refractivity contribution in [2.24, 2.45) is 0 Å². The lowest BCUT2D eigenvalue weighted by molar-refractivity contribution is -0.142. The van der Waals surface area contributed by atoms with E-state index in [1.807, 2.05) is 55.5 Å². The Morgan fingerprint density at radius 1 is 1.16 bits per heavy atom. The molecule has 0 saturated carbocycles. The molecule has 0 aliphatic heterocycles. The molecule has 0 saturated heterocycles. The Bertz CT molecular complexity index is 874. The number of aromatic amines is 1. The fourth-order valence-electron chi connectivity index (χ4n) is 2.46. The molecule has 6 heteroatoms. The van der Waals surface area contributed by atoms with E-state index in [4.69, 9.17) is 9.47 Å². The quantitative estimate of drug-likeness (QED) is 0.695. The summed E-state index contributed by atoms with van der Waals surface area (Å²) in [4.78, 5) is 15.6. The summed E-state index contributed by atoms with van der Waals surface area (Å²) in [5.41, 5.74) is 2.58. The number of rotatable bonds is 6. The van der Waals surface area contributed by atoms with Crippen LogP contribution in [0.3, 0.4) is 0 Å². The van der Waals surface area contributed by atoms with Gasteiger partial charge in [-0.05, 0) is 19.1 Å². The Morgan fingerprint density at radius 3 is 2.80 bits per heavy atom. The molecule has 1 heterocycles. The van der Waals surface area contributed by atoms with Crippen molar-refractivity contribution in [1.29, 1.82) is 0 Å². The monoisotopic (exact) mass is 337 g/mol. The fraction of sp³-hybridized carbons (Fsp3) is 0.211. The van der Waals surface area contributed by atoms with Crippen LogP contribution in [-0.2, 0) is 16.1 Å². The zero-order valence-corrected chi connectivity index (χ0v) is 14.2. The van der Waals surface area contributed by atoms with Crippen LogP contribution in [0.25, 0.3) is 22.8 Å². The van der Waals surface area contributed by atoms with Gasteiger partial charge in [0, 0.05) is 23.6 Å². The van der Waals surface area contributed by atoms with Gasteiger partial charge in [-0.2, -0.15) is 5.10 Å². The maximum absolute atomic E-state index is 11.1. The Kier molecular flexibility index (Phi) is 5.09. The lowest BCUT2D eigenvalue weighted by Crippen LogP contribution is -2.00. The molecular formula is C19H19N3O3. The molecule has 0 aliphatic carbocycles. The van der Waals surface area contributed by atoms with E-state index < -0.39 is 0 Å². The highest BCUT2D eigenvalue weighted by Gasteiger charge is 2.12. The summed E-state index contributed by atoms with van der Waals surface area (Å²) in [6.45, 7) is 4.13. The molecule has 3 rings (SSSR count). The molecule has 0 aliphatic rings. The first kappa shape index (κ1) is 16.7. The minimum Gasteiger partial charge on any atom is -0.494 e. The van der Waals surface area contributed by atoms with Crippen molar-refractivity contribution in [1.82, 2.24) is 15.2 Å². The molecule has 0 unspecified atom stereocenters. The molecule has 1 aromatic heterocycles. The minimum absolute atomic E-state index is 0.196. The van der Waals surface area contributed by atoms with Crippen LogP contribution in [0.2, 0.25) is 0 Å². The molecule has 0 spiro atoms. The minimum atomic E-state index is -0.319. The Hall–Kier alpha value is -3.15. The third-order valence-corrected chi connectivity index (χ3v) is 3.59. The predicted molar refractivity (Wildman–Crippen MR) is 93.9 cm³/mol. The molecule has 128 valence electrons. The van der Waals surface area contributed by atoms with Gasteiger partial charge in [-0.1, -0.05) is 36.4 Å². The SMILES string of the molecule is CCOc1cccc(-c2n[nH]c(-c3ccccc3COC(C)=O)n2)c1. The molecule has 25 heavy (non-hydrogen) atoms. The fourth-order valence-corrected chi connectivity index (χ4v) is 2.46. The summed E-state index contributed by atoms with van der Waals surface area (Å²) < 4.78 is 10.6. The van der Waals surface area contributed by atoms with Gasteiger partial charge in [0.15, 0.2) is 11.6 Å². The predicted octanol–water partition coefficient (Wildman–Crippen LogP) is 3.60. The topological polar surface area (TPSA) is 77.1 Å². The van der Waals surface area contributed by atoms with Gasteiger partial charge in [-0.3, -0.25) is 9.89 Å². The van der Waals surface area contributed by atoms with Crippen molar-refractivity contribution < 1.29 is 14.3 Å². The Morgan fingerprint density at radius 2 is 2.00 bits per heavy atom. The van der Waals surface area contributed by atoms with Gasteiger partial charge in [0.1, 0.15) is 12.4 Å². The Balaban J connectivity index is 1.89. The van der Waals surface area contributed by atoms with Gasteiger partial charge in [0.25, 0.3) is 0 Å². The first-order valence-electron chi connectivity index (χ1n) is 8.04. The molecule has 3 aromatic rings. The molecule has 0 amide bonds. The molecule has 0 fully saturated rings. The van der Waals surface area contributed by atoms with E-state index in [1.165, 1.54) is 6.92 Å². The molecule has 0 atom stereocenters. The number of H-pyrrole nitrogens is 1. The van der Waals surface area contributed by atoms with Crippen LogP contribution >= 0.6 is 0 Å². The van der Waals surface area contributed by atoms with Crippen LogP contribution in [0, 0.1) is 0 Å². The van der Waals surface area contributed by atoms with Gasteiger partial charge in [0.05, 0.1) is 6.61 Å². The van der Waals surface area contributed by atoms with E-state index in [9.17, 15) is 4.79 Å². The van der Waals surface area contributed by atoms with Crippen molar-refractivity contribution in [3.8, 4) is 28.5 Å². The van der Waals surface area contributed by atoms with Crippen LogP contribution < -0.4 is 4.74 Å². The van der Waals surface area contributed by atoms with Crippen LogP contribution in [0.4, 0.5) is 0 Å². The van der Waals surface area contributed by atoms with E-state index in [0.717, 1.165) is 22.4 Å². The van der Waals surface area contributed by atoms with Crippen molar-refractivity contribution in [2.75, 3.05) is 6.61 Å². The number of carbonyl (C=O) groups is 1. The third-order valence-electron chi connectivity index (χ3n) is 3.59. The summed E-state index contributed by atoms with van der Waals surface area (Å²) in [5.74, 6) is 1.67. The molecule has 1 N–H and O–H groups in total. The van der Waals surface area contributed by atoms with E-state index in [1.54, 1.807) is 0 Å². The molecule has 0 bridgehead atoms. The summed E-state index contributed by atoms with van der Waals surface area (Å²) in [6.07, 6.45) is 0. The van der Waals surface area contributed by atoms with Crippen LogP contribution in [0.5, 0.6) is 5.75 Å². The number of hydrogen-bond donors (Lipinski definition) is 1. The van der Waals surface area contributed by atoms with Crippen molar-refractivity contribution in [3.63, 3.8) is 0 Å². The number of hydrogen-bond acceptors (Lipinski definition) is 5. The average molecular weight is 337 g/mol. The summed E-state index contributed by atoms with van der Waals surface area (Å²) >= 11 is 0. The first-order valence-corrected chi connectivity index (χ1v) is 8.04. The van der Waals surface area contributed by atoms with Gasteiger partial charge < -0.3 is 9.47 Å². The molecular weight excluding hydrogens is 318 g/mol. The summed E-state index contributed by atoms with van der Waals surface area (Å²) in [7, 11) is 0. The zero-order chi connectivity index (χ0) is 17.6. The van der Waals surface area contributed by atoms with Crippen molar-refractivity contribution >= 4 is 5.97 Å². The Labute approximate surface area is 145 Å². The van der Waals surface area contributed by atoms with Crippen LogP contribution in [0.15, 0.2) is 48.5 Å². The molecule has 0 radical (unpaired) electrons. The number of nitrogens with one attached hydrogen (secondary N) is 1. The van der Waals surface area contributed by atoms with E-state index in [-0.39, 0.29) is 12.6 Å². The van der Waals surface area contributed by atoms with Gasteiger partial charge >= 0.3 is 5.97 Å². The molecule has 6 nitrogen and oxygen atoms in total. The second kappa shape index (κ2) is 7.61. The number of nitrogens with zero attached hydrogens (tertiary/aromatic N) is 2. The van der Waals surface area contributed by atoms with Crippen LogP contribution in [0.1, 0.15) is 19.4 Å². The number of carbonyl (C=O) groups excluding carboxylic acids is 1. The second-order valence-corrected chi connectivity index (χ2v) is 5.41. The van der Waals surface area contributed by atoms with Gasteiger partial charge in [-0.15, -0.1) is 0 Å².